The molecule has 0 saturated heterocycles. The Balaban J connectivity index is -0.000000372. The summed E-state index contributed by atoms with van der Waals surface area (Å²) in [6, 6.07) is 0. The van der Waals surface area contributed by atoms with Crippen molar-refractivity contribution in [1.82, 2.24) is 0 Å². The van der Waals surface area contributed by atoms with E-state index in [1.165, 1.54) is 0 Å². The summed E-state index contributed by atoms with van der Waals surface area (Å²) in [5, 5.41) is 39.7. The normalized spacial score (nSPS) is 9.28. The monoisotopic (exact) mass is 392 g/mol. The molecule has 0 amide bonds. The number of hydrogen-bond acceptors (Lipinski definition) is 8. The number of unbranched alkanes of at least 4 members (excludes halogenated alkanes) is 6. The molecule has 0 rings (SSSR count). The second kappa shape index (κ2) is 20.6. The minimum atomic E-state index is -1.05. The Morgan fingerprint density at radius 3 is 0.680 bits per heavy atom. The standard InChI is InChI=1S/2C8H14O4.Ti/c2*9-7(10)5-3-1-2-4-6-8(11)12;/h2*1-6H2,(H,9,10)(H,11,12);/q;;+4/p-4. The summed E-state index contributed by atoms with van der Waals surface area (Å²) < 4.78 is 0. The van der Waals surface area contributed by atoms with E-state index in [0.29, 0.717) is 25.7 Å². The molecule has 8 nitrogen and oxygen atoms in total. The first-order valence-corrected chi connectivity index (χ1v) is 8.05. The molecule has 0 heterocycles. The smallest absolute Gasteiger partial charge is 0.550 e. The molecular weight excluding hydrogens is 368 g/mol. The van der Waals surface area contributed by atoms with E-state index in [2.05, 4.69) is 0 Å². The van der Waals surface area contributed by atoms with Crippen LogP contribution in [0.2, 0.25) is 0 Å². The zero-order chi connectivity index (χ0) is 18.8. The van der Waals surface area contributed by atoms with Gasteiger partial charge in [-0.2, -0.15) is 0 Å². The molecule has 0 aliphatic carbocycles. The Morgan fingerprint density at radius 2 is 0.560 bits per heavy atom. The molecule has 0 aromatic heterocycles. The number of rotatable bonds is 14. The predicted octanol–water partition coefficient (Wildman–Crippen LogP) is -2.35. The fraction of sp³-hybridized carbons (Fsp3) is 0.750. The number of carboxylic acid groups (broad SMARTS) is 4. The van der Waals surface area contributed by atoms with Crippen molar-refractivity contribution in [2.24, 2.45) is 0 Å². The molecule has 0 aromatic rings. The summed E-state index contributed by atoms with van der Waals surface area (Å²) in [7, 11) is 0. The van der Waals surface area contributed by atoms with E-state index < -0.39 is 23.9 Å². The van der Waals surface area contributed by atoms with E-state index in [-0.39, 0.29) is 47.4 Å². The van der Waals surface area contributed by atoms with Gasteiger partial charge < -0.3 is 39.6 Å². The van der Waals surface area contributed by atoms with Crippen LogP contribution in [0, 0.1) is 0 Å². The van der Waals surface area contributed by atoms with Crippen molar-refractivity contribution in [3.63, 3.8) is 0 Å². The van der Waals surface area contributed by atoms with Gasteiger partial charge in [0.15, 0.2) is 0 Å². The number of hydrogen-bond donors (Lipinski definition) is 0. The van der Waals surface area contributed by atoms with Crippen LogP contribution in [0.25, 0.3) is 0 Å². The van der Waals surface area contributed by atoms with E-state index in [1.54, 1.807) is 0 Å². The van der Waals surface area contributed by atoms with Crippen molar-refractivity contribution < 1.29 is 61.3 Å². The van der Waals surface area contributed by atoms with Gasteiger partial charge in [-0.15, -0.1) is 0 Å². The summed E-state index contributed by atoms with van der Waals surface area (Å²) in [5.74, 6) is -4.19. The van der Waals surface area contributed by atoms with Crippen LogP contribution in [-0.2, 0) is 40.9 Å². The average Bonchev–Trinajstić information content (AvgIpc) is 2.46. The van der Waals surface area contributed by atoms with Crippen LogP contribution in [0.3, 0.4) is 0 Å². The Morgan fingerprint density at radius 1 is 0.400 bits per heavy atom. The third-order valence-electron chi connectivity index (χ3n) is 3.02. The van der Waals surface area contributed by atoms with E-state index in [0.717, 1.165) is 25.7 Å². The van der Waals surface area contributed by atoms with E-state index >= 15 is 0 Å². The number of aliphatic carboxylic acids is 4. The quantitative estimate of drug-likeness (QED) is 0.235. The molecule has 0 fully saturated rings. The summed E-state index contributed by atoms with van der Waals surface area (Å²) >= 11 is 0. The van der Waals surface area contributed by atoms with Gasteiger partial charge in [-0.25, -0.2) is 0 Å². The van der Waals surface area contributed by atoms with Gasteiger partial charge in [0.25, 0.3) is 0 Å². The van der Waals surface area contributed by atoms with Crippen molar-refractivity contribution >= 4 is 23.9 Å². The van der Waals surface area contributed by atoms with Crippen LogP contribution in [0.5, 0.6) is 0 Å². The van der Waals surface area contributed by atoms with Gasteiger partial charge in [0.1, 0.15) is 0 Å². The molecule has 0 aromatic carbocycles. The molecule has 0 saturated carbocycles. The van der Waals surface area contributed by atoms with E-state index in [1.807, 2.05) is 0 Å². The van der Waals surface area contributed by atoms with Gasteiger partial charge in [0, 0.05) is 23.9 Å². The predicted molar refractivity (Wildman–Crippen MR) is 75.4 cm³/mol. The average molecular weight is 392 g/mol. The number of carbonyl (C=O) groups is 4. The Kier molecular flexibility index (Phi) is 23.4. The number of carboxylic acids is 4. The molecule has 0 spiro atoms. The zero-order valence-corrected chi connectivity index (χ0v) is 15.8. The van der Waals surface area contributed by atoms with Crippen molar-refractivity contribution in [2.45, 2.75) is 77.0 Å². The summed E-state index contributed by atoms with van der Waals surface area (Å²) in [4.78, 5) is 39.7. The first-order valence-electron chi connectivity index (χ1n) is 8.05. The fourth-order valence-electron chi connectivity index (χ4n) is 1.78. The van der Waals surface area contributed by atoms with Crippen LogP contribution in [0.4, 0.5) is 0 Å². The number of carbonyl (C=O) groups excluding carboxylic acids is 4. The van der Waals surface area contributed by atoms with Gasteiger partial charge in [-0.3, -0.25) is 0 Å². The minimum absolute atomic E-state index is 0. The van der Waals surface area contributed by atoms with E-state index in [9.17, 15) is 39.6 Å². The van der Waals surface area contributed by atoms with Crippen molar-refractivity contribution in [1.29, 1.82) is 0 Å². The fourth-order valence-corrected chi connectivity index (χ4v) is 1.78. The van der Waals surface area contributed by atoms with Crippen LogP contribution < -0.4 is 20.4 Å². The largest absolute Gasteiger partial charge is 4.00 e. The molecule has 0 bridgehead atoms. The van der Waals surface area contributed by atoms with Crippen LogP contribution in [0.15, 0.2) is 0 Å². The Hall–Kier alpha value is -1.41. The van der Waals surface area contributed by atoms with Crippen LogP contribution in [0.1, 0.15) is 77.0 Å². The van der Waals surface area contributed by atoms with Gasteiger partial charge in [0.05, 0.1) is 0 Å². The molecule has 0 radical (unpaired) electrons. The zero-order valence-electron chi connectivity index (χ0n) is 14.3. The molecule has 0 aliphatic rings. The third-order valence-corrected chi connectivity index (χ3v) is 3.02. The second-order valence-corrected chi connectivity index (χ2v) is 5.32. The SMILES string of the molecule is O=C([O-])CCCCCCC(=O)[O-].O=C([O-])CCCCCCC(=O)[O-].[Ti+4]. The van der Waals surface area contributed by atoms with Crippen LogP contribution in [-0.4, -0.2) is 23.9 Å². The maximum absolute atomic E-state index is 9.92. The first kappa shape index (κ1) is 28.4. The van der Waals surface area contributed by atoms with Crippen molar-refractivity contribution in [3.05, 3.63) is 0 Å². The van der Waals surface area contributed by atoms with Gasteiger partial charge >= 0.3 is 21.7 Å². The maximum atomic E-state index is 9.92. The topological polar surface area (TPSA) is 161 Å². The Labute approximate surface area is 162 Å². The van der Waals surface area contributed by atoms with Crippen molar-refractivity contribution in [3.8, 4) is 0 Å². The van der Waals surface area contributed by atoms with Crippen LogP contribution >= 0.6 is 0 Å². The van der Waals surface area contributed by atoms with Gasteiger partial charge in [-0.1, -0.05) is 25.7 Å². The maximum Gasteiger partial charge on any atom is 4.00 e. The third kappa shape index (κ3) is 34.8. The molecule has 0 atom stereocenters. The van der Waals surface area contributed by atoms with E-state index in [4.69, 9.17) is 0 Å². The minimum Gasteiger partial charge on any atom is -0.550 e. The summed E-state index contributed by atoms with van der Waals surface area (Å²) in [5.41, 5.74) is 0. The molecule has 0 N–H and O–H groups in total. The molecule has 9 heteroatoms. The molecular formula is C16H24O8Ti. The van der Waals surface area contributed by atoms with Crippen molar-refractivity contribution in [2.75, 3.05) is 0 Å². The molecule has 0 unspecified atom stereocenters. The molecule has 25 heavy (non-hydrogen) atoms. The van der Waals surface area contributed by atoms with Gasteiger partial charge in [0.2, 0.25) is 0 Å². The molecule has 140 valence electrons. The first-order chi connectivity index (χ1) is 11.3. The van der Waals surface area contributed by atoms with Gasteiger partial charge in [-0.05, 0) is 51.4 Å². The summed E-state index contributed by atoms with van der Waals surface area (Å²) in [6.07, 6.45) is 5.45. The second-order valence-electron chi connectivity index (χ2n) is 5.32. The summed E-state index contributed by atoms with van der Waals surface area (Å²) in [6.45, 7) is 0. The Bertz CT molecular complexity index is 312. The molecule has 0 aliphatic heterocycles.